The lowest BCUT2D eigenvalue weighted by Gasteiger charge is -2.16. The molecule has 5 nitrogen and oxygen atoms in total. The van der Waals surface area contributed by atoms with E-state index in [4.69, 9.17) is 10.2 Å². The van der Waals surface area contributed by atoms with Gasteiger partial charge in [0, 0.05) is 4.88 Å². The largest absolute Gasteiger partial charge is 0.410 e. The summed E-state index contributed by atoms with van der Waals surface area (Å²) in [4.78, 5) is 13.5. The Balaban J connectivity index is 1.79. The first kappa shape index (κ1) is 14.6. The van der Waals surface area contributed by atoms with Crippen molar-refractivity contribution in [1.29, 1.82) is 0 Å². The lowest BCUT2D eigenvalue weighted by Crippen LogP contribution is -2.22. The Kier molecular flexibility index (Phi) is 4.03. The number of amides is 1. The average molecular weight is 323 g/mol. The van der Waals surface area contributed by atoms with Gasteiger partial charge in [-0.1, -0.05) is 18.7 Å². The van der Waals surface area contributed by atoms with Crippen molar-refractivity contribution in [3.8, 4) is 10.8 Å². The van der Waals surface area contributed by atoms with Gasteiger partial charge in [-0.25, -0.2) is 0 Å². The second-order valence-corrected chi connectivity index (χ2v) is 7.87. The minimum atomic E-state index is -0.389. The highest BCUT2D eigenvalue weighted by atomic mass is 32.2. The molecule has 3 rings (SSSR count). The van der Waals surface area contributed by atoms with Crippen LogP contribution in [0.4, 0.5) is 0 Å². The minimum Gasteiger partial charge on any atom is -0.410 e. The second kappa shape index (κ2) is 5.81. The highest BCUT2D eigenvalue weighted by Gasteiger charge is 2.21. The number of nitrogens with two attached hydrogens (primary N) is 1. The number of primary amides is 1. The van der Waals surface area contributed by atoms with E-state index in [1.807, 2.05) is 0 Å². The monoisotopic (exact) mass is 323 g/mol. The number of nitrogens with zero attached hydrogens (tertiary/aromatic N) is 2. The molecule has 0 saturated heterocycles. The molecule has 0 radical (unpaired) electrons. The quantitative estimate of drug-likeness (QED) is 0.875. The van der Waals surface area contributed by atoms with Gasteiger partial charge < -0.3 is 10.2 Å². The van der Waals surface area contributed by atoms with E-state index in [-0.39, 0.29) is 11.2 Å². The fourth-order valence-electron chi connectivity index (χ4n) is 2.38. The van der Waals surface area contributed by atoms with Gasteiger partial charge in [0.15, 0.2) is 0 Å². The summed E-state index contributed by atoms with van der Waals surface area (Å²) in [6.45, 7) is 4.01. The molecule has 1 aliphatic carbocycles. The predicted octanol–water partition coefficient (Wildman–Crippen LogP) is 2.89. The molecule has 112 valence electrons. The highest BCUT2D eigenvalue weighted by molar-refractivity contribution is 8.00. The third-order valence-electron chi connectivity index (χ3n) is 3.62. The summed E-state index contributed by atoms with van der Waals surface area (Å²) in [5.41, 5.74) is 6.64. The van der Waals surface area contributed by atoms with Crippen molar-refractivity contribution < 1.29 is 9.21 Å². The maximum atomic E-state index is 11.1. The van der Waals surface area contributed by atoms with Crippen LogP contribution in [-0.2, 0) is 17.6 Å². The zero-order valence-corrected chi connectivity index (χ0v) is 13.6. The van der Waals surface area contributed by atoms with Crippen LogP contribution in [0.15, 0.2) is 15.7 Å². The summed E-state index contributed by atoms with van der Waals surface area (Å²) in [5.74, 6) is 0.881. The predicted molar refractivity (Wildman–Crippen MR) is 83.3 cm³/mol. The van der Waals surface area contributed by atoms with Crippen molar-refractivity contribution in [2.24, 2.45) is 11.7 Å². The van der Waals surface area contributed by atoms with E-state index < -0.39 is 0 Å². The van der Waals surface area contributed by atoms with Crippen LogP contribution in [0.3, 0.4) is 0 Å². The van der Waals surface area contributed by atoms with Gasteiger partial charge in [-0.15, -0.1) is 21.5 Å². The number of aromatic nitrogens is 2. The highest BCUT2D eigenvalue weighted by Crippen LogP contribution is 2.37. The zero-order chi connectivity index (χ0) is 15.0. The van der Waals surface area contributed by atoms with Crippen LogP contribution < -0.4 is 5.73 Å². The fraction of sp³-hybridized carbons (Fsp3) is 0.500. The average Bonchev–Trinajstić information content (AvgIpc) is 3.04. The standard InChI is InChI=1S/C14H17N3O2S2/c1-7-3-4-10-9(5-7)6-11(21-10)13-16-17-14(19-13)20-8(2)12(15)18/h6-8H,3-5H2,1-2H3,(H2,15,18)/t7-,8+/m1/s1. The van der Waals surface area contributed by atoms with Gasteiger partial charge in [-0.3, -0.25) is 4.79 Å². The van der Waals surface area contributed by atoms with Crippen molar-refractivity contribution in [3.63, 3.8) is 0 Å². The molecule has 2 heterocycles. The SMILES string of the molecule is C[C@@H]1CCc2sc(-c3nnc(S[C@@H](C)C(N)=O)o3)cc2C1. The van der Waals surface area contributed by atoms with Gasteiger partial charge >= 0.3 is 0 Å². The molecular formula is C14H17N3O2S2. The molecule has 1 aliphatic rings. The first-order valence-electron chi connectivity index (χ1n) is 6.94. The van der Waals surface area contributed by atoms with Crippen LogP contribution in [0.2, 0.25) is 0 Å². The van der Waals surface area contributed by atoms with Gasteiger partial charge in [0.1, 0.15) is 0 Å². The molecule has 7 heteroatoms. The summed E-state index contributed by atoms with van der Waals surface area (Å²) in [6.07, 6.45) is 3.50. The number of rotatable bonds is 4. The number of aryl methyl sites for hydroxylation is 1. The molecule has 0 saturated carbocycles. The fourth-order valence-corrected chi connectivity index (χ4v) is 4.14. The summed E-state index contributed by atoms with van der Waals surface area (Å²) in [7, 11) is 0. The molecular weight excluding hydrogens is 306 g/mol. The summed E-state index contributed by atoms with van der Waals surface area (Å²) in [6, 6.07) is 2.16. The molecule has 2 atom stereocenters. The molecule has 21 heavy (non-hydrogen) atoms. The van der Waals surface area contributed by atoms with Crippen LogP contribution in [-0.4, -0.2) is 21.4 Å². The van der Waals surface area contributed by atoms with Gasteiger partial charge in [0.25, 0.3) is 11.1 Å². The van der Waals surface area contributed by atoms with E-state index in [9.17, 15) is 4.79 Å². The summed E-state index contributed by atoms with van der Waals surface area (Å²) >= 11 is 2.92. The topological polar surface area (TPSA) is 82.0 Å². The van der Waals surface area contributed by atoms with Crippen molar-refractivity contribution in [3.05, 3.63) is 16.5 Å². The molecule has 0 unspecified atom stereocenters. The van der Waals surface area contributed by atoms with Crippen LogP contribution in [0, 0.1) is 5.92 Å². The lowest BCUT2D eigenvalue weighted by molar-refractivity contribution is -0.117. The van der Waals surface area contributed by atoms with Gasteiger partial charge in [0.05, 0.1) is 10.1 Å². The van der Waals surface area contributed by atoms with E-state index in [1.54, 1.807) is 18.3 Å². The Bertz CT molecular complexity index is 665. The molecule has 1 amide bonds. The van der Waals surface area contributed by atoms with E-state index >= 15 is 0 Å². The first-order chi connectivity index (χ1) is 10.0. The summed E-state index contributed by atoms with van der Waals surface area (Å²) in [5, 5.41) is 8.07. The Morgan fingerprint density at radius 1 is 1.57 bits per heavy atom. The Labute approximate surface area is 131 Å². The molecule has 2 aromatic heterocycles. The third kappa shape index (κ3) is 3.13. The van der Waals surface area contributed by atoms with Gasteiger partial charge in [-0.05, 0) is 43.7 Å². The van der Waals surface area contributed by atoms with Crippen molar-refractivity contribution in [2.45, 2.75) is 43.6 Å². The molecule has 0 aromatic carbocycles. The molecule has 2 aromatic rings. The van der Waals surface area contributed by atoms with Crippen molar-refractivity contribution >= 4 is 29.0 Å². The number of thioether (sulfide) groups is 1. The zero-order valence-electron chi connectivity index (χ0n) is 12.0. The van der Waals surface area contributed by atoms with Crippen molar-refractivity contribution in [1.82, 2.24) is 10.2 Å². The number of thiophene rings is 1. The maximum Gasteiger partial charge on any atom is 0.277 e. The number of carbonyl (C=O) groups is 1. The van der Waals surface area contributed by atoms with E-state index in [0.29, 0.717) is 11.1 Å². The Hall–Kier alpha value is -1.34. The lowest BCUT2D eigenvalue weighted by atomic mass is 9.90. The second-order valence-electron chi connectivity index (χ2n) is 5.44. The molecule has 0 aliphatic heterocycles. The van der Waals surface area contributed by atoms with E-state index in [0.717, 1.165) is 23.6 Å². The van der Waals surface area contributed by atoms with Gasteiger partial charge in [-0.2, -0.15) is 0 Å². The van der Waals surface area contributed by atoms with Gasteiger partial charge in [0.2, 0.25) is 5.91 Å². The Morgan fingerprint density at radius 2 is 2.38 bits per heavy atom. The van der Waals surface area contributed by atoms with E-state index in [1.165, 1.54) is 28.6 Å². The number of carbonyl (C=O) groups excluding carboxylic acids is 1. The smallest absolute Gasteiger partial charge is 0.277 e. The number of fused-ring (bicyclic) bond motifs is 1. The van der Waals surface area contributed by atoms with E-state index in [2.05, 4.69) is 23.2 Å². The normalized spacial score (nSPS) is 19.2. The molecule has 0 fully saturated rings. The Morgan fingerprint density at radius 3 is 3.14 bits per heavy atom. The third-order valence-corrected chi connectivity index (χ3v) is 5.80. The van der Waals surface area contributed by atoms with Crippen LogP contribution in [0.25, 0.3) is 10.8 Å². The summed E-state index contributed by atoms with van der Waals surface area (Å²) < 4.78 is 5.64. The first-order valence-corrected chi connectivity index (χ1v) is 8.64. The maximum absolute atomic E-state index is 11.1. The van der Waals surface area contributed by atoms with Crippen molar-refractivity contribution in [2.75, 3.05) is 0 Å². The minimum absolute atomic E-state index is 0.379. The molecule has 0 bridgehead atoms. The number of hydrogen-bond donors (Lipinski definition) is 1. The van der Waals surface area contributed by atoms with Crippen LogP contribution >= 0.6 is 23.1 Å². The van der Waals surface area contributed by atoms with Crippen LogP contribution in [0.1, 0.15) is 30.7 Å². The number of hydrogen-bond acceptors (Lipinski definition) is 6. The van der Waals surface area contributed by atoms with Crippen LogP contribution in [0.5, 0.6) is 0 Å². The molecule has 2 N–H and O–H groups in total. The molecule has 0 spiro atoms.